The molecule has 1 aromatic rings. The van der Waals surface area contributed by atoms with Crippen LogP contribution in [-0.4, -0.2) is 35.6 Å². The fourth-order valence-electron chi connectivity index (χ4n) is 2.49. The van der Waals surface area contributed by atoms with E-state index in [9.17, 15) is 0 Å². The van der Waals surface area contributed by atoms with Crippen molar-refractivity contribution in [1.82, 2.24) is 15.3 Å². The molecule has 18 heavy (non-hydrogen) atoms. The summed E-state index contributed by atoms with van der Waals surface area (Å²) in [6.07, 6.45) is 8.87. The lowest BCUT2D eigenvalue weighted by molar-refractivity contribution is 0.407. The Hall–Kier alpha value is -0.430. The van der Waals surface area contributed by atoms with Gasteiger partial charge >= 0.3 is 0 Å². The van der Waals surface area contributed by atoms with Crippen LogP contribution in [0.15, 0.2) is 12.5 Å². The van der Waals surface area contributed by atoms with Crippen LogP contribution in [0, 0.1) is 9.49 Å². The Morgan fingerprint density at radius 2 is 2.06 bits per heavy atom. The highest BCUT2D eigenvalue weighted by Crippen LogP contribution is 2.28. The number of nitrogens with zero attached hydrogens (tertiary/aromatic N) is 3. The Kier molecular flexibility index (Phi) is 3.98. The minimum Gasteiger partial charge on any atom is -0.356 e. The smallest absolute Gasteiger partial charge is 0.145 e. The molecule has 0 radical (unpaired) electrons. The lowest BCUT2D eigenvalue weighted by Crippen LogP contribution is -2.43. The van der Waals surface area contributed by atoms with Gasteiger partial charge in [0.25, 0.3) is 0 Å². The largest absolute Gasteiger partial charge is 0.356 e. The van der Waals surface area contributed by atoms with Crippen LogP contribution in [0.3, 0.4) is 0 Å². The van der Waals surface area contributed by atoms with E-state index in [0.29, 0.717) is 6.04 Å². The van der Waals surface area contributed by atoms with Crippen molar-refractivity contribution in [3.05, 3.63) is 16.1 Å². The number of hydrogen-bond acceptors (Lipinski definition) is 4. The molecule has 0 unspecified atom stereocenters. The van der Waals surface area contributed by atoms with Gasteiger partial charge in [-0.05, 0) is 60.7 Å². The third kappa shape index (κ3) is 3.12. The van der Waals surface area contributed by atoms with E-state index in [4.69, 9.17) is 0 Å². The minimum atomic E-state index is 0.710. The second-order valence-corrected chi connectivity index (χ2v) is 6.47. The first-order valence-electron chi connectivity index (χ1n) is 6.77. The predicted molar refractivity (Wildman–Crippen MR) is 80.7 cm³/mol. The molecule has 3 rings (SSSR count). The summed E-state index contributed by atoms with van der Waals surface area (Å²) in [7, 11) is 0. The van der Waals surface area contributed by atoms with Crippen LogP contribution in [0.25, 0.3) is 0 Å². The van der Waals surface area contributed by atoms with Gasteiger partial charge in [0.05, 0.1) is 3.57 Å². The zero-order valence-corrected chi connectivity index (χ0v) is 12.6. The first-order chi connectivity index (χ1) is 8.83. The maximum atomic E-state index is 4.40. The molecule has 0 atom stereocenters. The average molecular weight is 358 g/mol. The van der Waals surface area contributed by atoms with E-state index in [1.807, 2.05) is 6.20 Å². The molecule has 2 fully saturated rings. The number of hydrogen-bond donors (Lipinski definition) is 1. The summed E-state index contributed by atoms with van der Waals surface area (Å²) in [4.78, 5) is 10.8. The van der Waals surface area contributed by atoms with E-state index < -0.39 is 0 Å². The zero-order valence-electron chi connectivity index (χ0n) is 10.5. The van der Waals surface area contributed by atoms with Crippen molar-refractivity contribution in [3.63, 3.8) is 0 Å². The highest BCUT2D eigenvalue weighted by atomic mass is 127. The first-order valence-corrected chi connectivity index (χ1v) is 7.84. The molecule has 0 amide bonds. The van der Waals surface area contributed by atoms with E-state index in [0.717, 1.165) is 28.4 Å². The molecular formula is C13H19IN4. The monoisotopic (exact) mass is 358 g/mol. The molecule has 1 aliphatic carbocycles. The van der Waals surface area contributed by atoms with Crippen LogP contribution in [0.1, 0.15) is 25.7 Å². The van der Waals surface area contributed by atoms with Gasteiger partial charge in [-0.15, -0.1) is 0 Å². The average Bonchev–Trinajstić information content (AvgIpc) is 3.22. The maximum absolute atomic E-state index is 4.40. The van der Waals surface area contributed by atoms with Crippen molar-refractivity contribution in [2.24, 2.45) is 5.92 Å². The highest BCUT2D eigenvalue weighted by molar-refractivity contribution is 14.1. The molecule has 1 aliphatic heterocycles. The molecule has 0 aromatic carbocycles. The summed E-state index contributed by atoms with van der Waals surface area (Å²) < 4.78 is 1.15. The predicted octanol–water partition coefficient (Wildman–Crippen LogP) is 2.05. The minimum absolute atomic E-state index is 0.710. The molecular weight excluding hydrogens is 339 g/mol. The van der Waals surface area contributed by atoms with Crippen molar-refractivity contribution in [1.29, 1.82) is 0 Å². The summed E-state index contributed by atoms with van der Waals surface area (Å²) >= 11 is 2.32. The molecule has 2 heterocycles. The SMILES string of the molecule is Ic1cncnc1N1CCC(NCC2CC2)CC1. The Morgan fingerprint density at radius 1 is 1.28 bits per heavy atom. The van der Waals surface area contributed by atoms with Gasteiger partial charge in [-0.1, -0.05) is 0 Å². The Balaban J connectivity index is 1.51. The van der Waals surface area contributed by atoms with Crippen LogP contribution in [0.4, 0.5) is 5.82 Å². The number of anilines is 1. The molecule has 4 nitrogen and oxygen atoms in total. The fraction of sp³-hybridized carbons (Fsp3) is 0.692. The van der Waals surface area contributed by atoms with Gasteiger partial charge in [-0.3, -0.25) is 0 Å². The summed E-state index contributed by atoms with van der Waals surface area (Å²) in [6.45, 7) is 3.44. The van der Waals surface area contributed by atoms with Gasteiger partial charge in [0, 0.05) is 25.3 Å². The summed E-state index contributed by atoms with van der Waals surface area (Å²) in [6, 6.07) is 0.710. The van der Waals surface area contributed by atoms with E-state index in [1.54, 1.807) is 6.33 Å². The van der Waals surface area contributed by atoms with Crippen LogP contribution in [-0.2, 0) is 0 Å². The lowest BCUT2D eigenvalue weighted by atomic mass is 10.0. The van der Waals surface area contributed by atoms with E-state index in [2.05, 4.69) is 42.8 Å². The Bertz CT molecular complexity index is 400. The highest BCUT2D eigenvalue weighted by Gasteiger charge is 2.25. The van der Waals surface area contributed by atoms with Gasteiger partial charge in [0.1, 0.15) is 12.1 Å². The fourth-order valence-corrected chi connectivity index (χ4v) is 3.13. The van der Waals surface area contributed by atoms with Crippen LogP contribution in [0.5, 0.6) is 0 Å². The summed E-state index contributed by atoms with van der Waals surface area (Å²) in [5, 5.41) is 3.71. The second-order valence-electron chi connectivity index (χ2n) is 5.31. The van der Waals surface area contributed by atoms with Crippen LogP contribution in [0.2, 0.25) is 0 Å². The molecule has 5 heteroatoms. The second kappa shape index (κ2) is 5.69. The molecule has 2 aliphatic rings. The van der Waals surface area contributed by atoms with E-state index >= 15 is 0 Å². The van der Waals surface area contributed by atoms with Crippen molar-refractivity contribution < 1.29 is 0 Å². The number of halogens is 1. The standard InChI is InChI=1S/C13H19IN4/c14-12-8-15-9-17-13(12)18-5-3-11(4-6-18)16-7-10-1-2-10/h8-11,16H,1-7H2. The third-order valence-corrected chi connectivity index (χ3v) is 4.60. The Labute approximate surface area is 122 Å². The number of aromatic nitrogens is 2. The van der Waals surface area contributed by atoms with Gasteiger partial charge in [0.15, 0.2) is 0 Å². The van der Waals surface area contributed by atoms with Gasteiger partial charge in [-0.2, -0.15) is 0 Å². The normalized spacial score (nSPS) is 21.3. The van der Waals surface area contributed by atoms with E-state index in [1.165, 1.54) is 32.2 Å². The molecule has 0 spiro atoms. The Morgan fingerprint density at radius 3 is 2.72 bits per heavy atom. The summed E-state index contributed by atoms with van der Waals surface area (Å²) in [5.74, 6) is 2.08. The van der Waals surface area contributed by atoms with Gasteiger partial charge < -0.3 is 10.2 Å². The van der Waals surface area contributed by atoms with Crippen LogP contribution >= 0.6 is 22.6 Å². The molecule has 0 bridgehead atoms. The van der Waals surface area contributed by atoms with Crippen molar-refractivity contribution >= 4 is 28.4 Å². The van der Waals surface area contributed by atoms with Gasteiger partial charge in [0.2, 0.25) is 0 Å². The summed E-state index contributed by atoms with van der Waals surface area (Å²) in [5.41, 5.74) is 0. The van der Waals surface area contributed by atoms with E-state index in [-0.39, 0.29) is 0 Å². The molecule has 1 N–H and O–H groups in total. The third-order valence-electron chi connectivity index (χ3n) is 3.83. The zero-order chi connectivity index (χ0) is 12.4. The number of nitrogens with one attached hydrogen (secondary N) is 1. The molecule has 1 saturated heterocycles. The van der Waals surface area contributed by atoms with Crippen molar-refractivity contribution in [2.75, 3.05) is 24.5 Å². The van der Waals surface area contributed by atoms with Crippen molar-refractivity contribution in [3.8, 4) is 0 Å². The van der Waals surface area contributed by atoms with Crippen LogP contribution < -0.4 is 10.2 Å². The lowest BCUT2D eigenvalue weighted by Gasteiger charge is -2.33. The number of rotatable bonds is 4. The molecule has 1 aromatic heterocycles. The maximum Gasteiger partial charge on any atom is 0.145 e. The number of piperidine rings is 1. The quantitative estimate of drug-likeness (QED) is 0.837. The first kappa shape index (κ1) is 12.6. The van der Waals surface area contributed by atoms with Crippen molar-refractivity contribution in [2.45, 2.75) is 31.7 Å². The molecule has 98 valence electrons. The molecule has 1 saturated carbocycles. The van der Waals surface area contributed by atoms with Gasteiger partial charge in [-0.25, -0.2) is 9.97 Å². The topological polar surface area (TPSA) is 41.1 Å².